The zero-order chi connectivity index (χ0) is 46.6. The number of nitrogens with zero attached hydrogens (tertiary/aromatic N) is 2. The number of anilines is 6. The van der Waals surface area contributed by atoms with Gasteiger partial charge in [-0.05, 0) is 127 Å². The van der Waals surface area contributed by atoms with Gasteiger partial charge >= 0.3 is 0 Å². The number of fused-ring (bicyclic) bond motifs is 2. The first-order valence-electron chi connectivity index (χ1n) is 24.0. The lowest BCUT2D eigenvalue weighted by molar-refractivity contribution is 1.29. The SMILES string of the molecule is c1ccc(-c2ccc(-c3ccc(N(c4ccccc4)c4ccc(-c5ccc(N(c6ccccc6)c6ccc(-c7ccc(-c8ccccc8)cc7)c7ccccc67)cc5)cc4)c4ccccc34)cc2)cc1. The van der Waals surface area contributed by atoms with Crippen LogP contribution in [0.2, 0.25) is 0 Å². The zero-order valence-corrected chi connectivity index (χ0v) is 38.6. The molecule has 12 rings (SSSR count). The third-order valence-electron chi connectivity index (χ3n) is 13.5. The monoisotopic (exact) mass is 892 g/mol. The van der Waals surface area contributed by atoms with E-state index >= 15 is 0 Å². The minimum atomic E-state index is 1.09. The van der Waals surface area contributed by atoms with Crippen LogP contribution in [0.25, 0.3) is 77.2 Å². The quantitative estimate of drug-likeness (QED) is 0.128. The van der Waals surface area contributed by atoms with Gasteiger partial charge in [-0.2, -0.15) is 0 Å². The second-order valence-corrected chi connectivity index (χ2v) is 17.7. The summed E-state index contributed by atoms with van der Waals surface area (Å²) >= 11 is 0. The van der Waals surface area contributed by atoms with E-state index in [1.807, 2.05) is 0 Å². The fourth-order valence-corrected chi connectivity index (χ4v) is 10.0. The molecule has 0 saturated carbocycles. The Morgan fingerprint density at radius 2 is 0.400 bits per heavy atom. The highest BCUT2D eigenvalue weighted by atomic mass is 15.1. The molecular weight excluding hydrogens is 845 g/mol. The van der Waals surface area contributed by atoms with E-state index in [1.54, 1.807) is 0 Å². The Kier molecular flexibility index (Phi) is 11.3. The van der Waals surface area contributed by atoms with Gasteiger partial charge < -0.3 is 9.80 Å². The normalized spacial score (nSPS) is 11.1. The Balaban J connectivity index is 0.867. The van der Waals surface area contributed by atoms with Crippen molar-refractivity contribution in [3.8, 4) is 55.6 Å². The summed E-state index contributed by atoms with van der Waals surface area (Å²) in [5, 5.41) is 4.82. The first-order chi connectivity index (χ1) is 34.7. The van der Waals surface area contributed by atoms with E-state index in [2.05, 4.69) is 301 Å². The van der Waals surface area contributed by atoms with Crippen LogP contribution in [0.5, 0.6) is 0 Å². The van der Waals surface area contributed by atoms with Crippen LogP contribution < -0.4 is 9.80 Å². The molecule has 2 heteroatoms. The van der Waals surface area contributed by atoms with E-state index < -0.39 is 0 Å². The molecule has 0 unspecified atom stereocenters. The number of benzene rings is 12. The molecule has 12 aromatic carbocycles. The predicted molar refractivity (Wildman–Crippen MR) is 298 cm³/mol. The summed E-state index contributed by atoms with van der Waals surface area (Å²) in [6.07, 6.45) is 0. The lowest BCUT2D eigenvalue weighted by Gasteiger charge is -2.28. The highest BCUT2D eigenvalue weighted by molar-refractivity contribution is 6.08. The molecule has 0 aromatic heterocycles. The lowest BCUT2D eigenvalue weighted by Crippen LogP contribution is -2.10. The van der Waals surface area contributed by atoms with Crippen molar-refractivity contribution in [1.82, 2.24) is 0 Å². The van der Waals surface area contributed by atoms with Crippen LogP contribution >= 0.6 is 0 Å². The largest absolute Gasteiger partial charge is 0.310 e. The van der Waals surface area contributed by atoms with Crippen LogP contribution in [0.1, 0.15) is 0 Å². The topological polar surface area (TPSA) is 6.48 Å². The average molecular weight is 893 g/mol. The van der Waals surface area contributed by atoms with Gasteiger partial charge in [0.15, 0.2) is 0 Å². The van der Waals surface area contributed by atoms with Crippen molar-refractivity contribution in [3.05, 3.63) is 291 Å². The summed E-state index contributed by atoms with van der Waals surface area (Å²) in [4.78, 5) is 4.76. The van der Waals surface area contributed by atoms with Crippen LogP contribution in [-0.4, -0.2) is 0 Å². The number of rotatable bonds is 11. The van der Waals surface area contributed by atoms with Crippen molar-refractivity contribution in [1.29, 1.82) is 0 Å². The fraction of sp³-hybridized carbons (Fsp3) is 0. The second kappa shape index (κ2) is 18.8. The zero-order valence-electron chi connectivity index (χ0n) is 38.6. The van der Waals surface area contributed by atoms with E-state index in [0.717, 1.165) is 45.3 Å². The summed E-state index contributed by atoms with van der Waals surface area (Å²) in [5.41, 5.74) is 18.7. The fourth-order valence-electron chi connectivity index (χ4n) is 10.0. The molecule has 0 spiro atoms. The van der Waals surface area contributed by atoms with Crippen LogP contribution in [0.15, 0.2) is 291 Å². The van der Waals surface area contributed by atoms with Crippen LogP contribution in [-0.2, 0) is 0 Å². The van der Waals surface area contributed by atoms with E-state index in [1.165, 1.54) is 66.1 Å². The van der Waals surface area contributed by atoms with E-state index in [0.29, 0.717) is 0 Å². The Labute approximate surface area is 410 Å². The lowest BCUT2D eigenvalue weighted by atomic mass is 9.94. The average Bonchev–Trinajstić information content (AvgIpc) is 3.45. The molecule has 0 atom stereocenters. The molecule has 0 bridgehead atoms. The van der Waals surface area contributed by atoms with E-state index in [4.69, 9.17) is 0 Å². The Hall–Kier alpha value is -9.24. The van der Waals surface area contributed by atoms with Gasteiger partial charge in [0.25, 0.3) is 0 Å². The first-order valence-corrected chi connectivity index (χ1v) is 24.0. The molecule has 0 amide bonds. The third kappa shape index (κ3) is 8.19. The summed E-state index contributed by atoms with van der Waals surface area (Å²) in [6.45, 7) is 0. The van der Waals surface area contributed by atoms with Crippen LogP contribution in [0.4, 0.5) is 34.1 Å². The maximum atomic E-state index is 2.38. The molecule has 0 N–H and O–H groups in total. The second-order valence-electron chi connectivity index (χ2n) is 17.7. The van der Waals surface area contributed by atoms with Crippen molar-refractivity contribution >= 4 is 55.7 Å². The molecule has 330 valence electrons. The van der Waals surface area contributed by atoms with Crippen molar-refractivity contribution < 1.29 is 0 Å². The molecule has 0 radical (unpaired) electrons. The molecule has 0 aliphatic heterocycles. The third-order valence-corrected chi connectivity index (χ3v) is 13.5. The molecule has 70 heavy (non-hydrogen) atoms. The number of para-hydroxylation sites is 2. The van der Waals surface area contributed by atoms with Crippen LogP contribution in [0, 0.1) is 0 Å². The molecule has 12 aromatic rings. The smallest absolute Gasteiger partial charge is 0.0540 e. The van der Waals surface area contributed by atoms with E-state index in [9.17, 15) is 0 Å². The minimum Gasteiger partial charge on any atom is -0.310 e. The standard InChI is InChI=1S/C68H48N2/c1-5-17-49(18-6-1)51-29-33-55(34-30-51)61-45-47-67(65-27-15-13-25-63(61)65)69(57-21-9-3-10-22-57)59-41-37-53(38-42-59)54-39-43-60(44-40-54)70(58-23-11-4-12-24-58)68-48-46-62(64-26-14-16-28-66(64)68)56-35-31-52(32-36-56)50-19-7-2-8-20-50/h1-48H. The van der Waals surface area contributed by atoms with Crippen molar-refractivity contribution in [3.63, 3.8) is 0 Å². The van der Waals surface area contributed by atoms with Gasteiger partial charge in [-0.3, -0.25) is 0 Å². The van der Waals surface area contributed by atoms with Gasteiger partial charge in [-0.25, -0.2) is 0 Å². The van der Waals surface area contributed by atoms with Crippen molar-refractivity contribution in [2.24, 2.45) is 0 Å². The van der Waals surface area contributed by atoms with Crippen LogP contribution in [0.3, 0.4) is 0 Å². The highest BCUT2D eigenvalue weighted by Gasteiger charge is 2.20. The number of hydrogen-bond acceptors (Lipinski definition) is 2. The molecule has 0 aliphatic carbocycles. The molecule has 0 aliphatic rings. The maximum Gasteiger partial charge on any atom is 0.0540 e. The maximum absolute atomic E-state index is 2.38. The van der Waals surface area contributed by atoms with Crippen molar-refractivity contribution in [2.75, 3.05) is 9.80 Å². The van der Waals surface area contributed by atoms with Crippen molar-refractivity contribution in [2.45, 2.75) is 0 Å². The van der Waals surface area contributed by atoms with Gasteiger partial charge in [0, 0.05) is 33.5 Å². The molecule has 0 saturated heterocycles. The van der Waals surface area contributed by atoms with Gasteiger partial charge in [0.2, 0.25) is 0 Å². The summed E-state index contributed by atoms with van der Waals surface area (Å²) in [6, 6.07) is 105. The molecule has 2 nitrogen and oxygen atoms in total. The Morgan fingerprint density at radius 1 is 0.157 bits per heavy atom. The summed E-state index contributed by atoms with van der Waals surface area (Å²) < 4.78 is 0. The Bertz CT molecular complexity index is 3450. The molecule has 0 heterocycles. The summed E-state index contributed by atoms with van der Waals surface area (Å²) in [5.74, 6) is 0. The van der Waals surface area contributed by atoms with Gasteiger partial charge in [0.1, 0.15) is 0 Å². The van der Waals surface area contributed by atoms with Gasteiger partial charge in [-0.1, -0.05) is 231 Å². The molecule has 0 fully saturated rings. The predicted octanol–water partition coefficient (Wildman–Crippen LogP) is 19.3. The van der Waals surface area contributed by atoms with Gasteiger partial charge in [-0.15, -0.1) is 0 Å². The molecular formula is C68H48N2. The summed E-state index contributed by atoms with van der Waals surface area (Å²) in [7, 11) is 0. The highest BCUT2D eigenvalue weighted by Crippen LogP contribution is 2.45. The van der Waals surface area contributed by atoms with Gasteiger partial charge in [0.05, 0.1) is 11.4 Å². The number of hydrogen-bond donors (Lipinski definition) is 0. The minimum absolute atomic E-state index is 1.09. The Morgan fingerprint density at radius 3 is 0.743 bits per heavy atom. The van der Waals surface area contributed by atoms with E-state index in [-0.39, 0.29) is 0 Å². The first kappa shape index (κ1) is 42.1.